The van der Waals surface area contributed by atoms with Crippen LogP contribution in [0.3, 0.4) is 0 Å². The molecule has 26 heavy (non-hydrogen) atoms. The molecule has 6 N–H and O–H groups in total. The number of benzene rings is 2. The van der Waals surface area contributed by atoms with Crippen LogP contribution in [0.1, 0.15) is 15.9 Å². The van der Waals surface area contributed by atoms with Gasteiger partial charge in [0.05, 0.1) is 0 Å². The van der Waals surface area contributed by atoms with Crippen molar-refractivity contribution in [3.8, 4) is 11.5 Å². The predicted octanol–water partition coefficient (Wildman–Crippen LogP) is 3.07. The maximum absolute atomic E-state index is 11.8. The Kier molecular flexibility index (Phi) is 4.76. The minimum absolute atomic E-state index is 0.0569. The molecule has 9 heteroatoms. The standard InChI is InChI=1S/C17H14ClN5O3/c18-10-2-4-11(5-3-10)21-17-14(15(19)26)16(22-23-17)20-8-9-1-6-12(24)7-13(9)25/h1-8,24-25H,(H2,19,26)(H2,21,22,23). The van der Waals surface area contributed by atoms with Gasteiger partial charge in [0, 0.05) is 28.6 Å². The van der Waals surface area contributed by atoms with E-state index in [-0.39, 0.29) is 28.7 Å². The quantitative estimate of drug-likeness (QED) is 0.439. The van der Waals surface area contributed by atoms with Gasteiger partial charge in [0.15, 0.2) is 5.82 Å². The first-order valence-corrected chi connectivity index (χ1v) is 7.78. The molecular formula is C17H14ClN5O3. The molecule has 0 spiro atoms. The lowest BCUT2D eigenvalue weighted by Crippen LogP contribution is -2.12. The van der Waals surface area contributed by atoms with Crippen molar-refractivity contribution in [3.63, 3.8) is 0 Å². The van der Waals surface area contributed by atoms with Crippen LogP contribution < -0.4 is 11.1 Å². The molecule has 132 valence electrons. The number of nitrogens with one attached hydrogen (secondary N) is 2. The Bertz CT molecular complexity index is 983. The molecule has 0 saturated heterocycles. The Morgan fingerprint density at radius 3 is 2.62 bits per heavy atom. The van der Waals surface area contributed by atoms with Gasteiger partial charge in [-0.25, -0.2) is 4.99 Å². The van der Waals surface area contributed by atoms with Gasteiger partial charge in [-0.2, -0.15) is 5.10 Å². The zero-order chi connectivity index (χ0) is 18.7. The second-order valence-corrected chi connectivity index (χ2v) is 5.73. The average molecular weight is 372 g/mol. The summed E-state index contributed by atoms with van der Waals surface area (Å²) in [5.41, 5.74) is 6.52. The largest absolute Gasteiger partial charge is 0.508 e. The molecule has 0 saturated carbocycles. The number of aliphatic imine (C=N–C) groups is 1. The number of phenols is 2. The molecular weight excluding hydrogens is 358 g/mol. The van der Waals surface area contributed by atoms with Crippen LogP contribution in [0.2, 0.25) is 5.02 Å². The third-order valence-electron chi connectivity index (χ3n) is 3.45. The molecule has 2 aromatic carbocycles. The van der Waals surface area contributed by atoms with Gasteiger partial charge in [0.2, 0.25) is 0 Å². The third-order valence-corrected chi connectivity index (χ3v) is 3.70. The van der Waals surface area contributed by atoms with Gasteiger partial charge in [-0.05, 0) is 36.4 Å². The number of phenolic OH excluding ortho intramolecular Hbond substituents is 2. The highest BCUT2D eigenvalue weighted by Crippen LogP contribution is 2.27. The number of aromatic hydroxyl groups is 2. The zero-order valence-corrected chi connectivity index (χ0v) is 14.0. The number of nitrogens with two attached hydrogens (primary N) is 1. The number of halogens is 1. The van der Waals surface area contributed by atoms with E-state index >= 15 is 0 Å². The average Bonchev–Trinajstić information content (AvgIpc) is 2.99. The van der Waals surface area contributed by atoms with E-state index in [1.807, 2.05) is 0 Å². The number of hydrogen-bond acceptors (Lipinski definition) is 6. The predicted molar refractivity (Wildman–Crippen MR) is 98.9 cm³/mol. The van der Waals surface area contributed by atoms with E-state index in [0.29, 0.717) is 16.3 Å². The topological polar surface area (TPSA) is 137 Å². The summed E-state index contributed by atoms with van der Waals surface area (Å²) in [6, 6.07) is 10.9. The molecule has 1 aromatic heterocycles. The lowest BCUT2D eigenvalue weighted by Gasteiger charge is -2.05. The van der Waals surface area contributed by atoms with E-state index in [0.717, 1.165) is 0 Å². The van der Waals surface area contributed by atoms with Crippen molar-refractivity contribution in [2.75, 3.05) is 5.32 Å². The second kappa shape index (κ2) is 7.16. The number of aromatic amines is 1. The SMILES string of the molecule is NC(=O)c1c(N=Cc2ccc(O)cc2O)n[nH]c1Nc1ccc(Cl)cc1. The molecule has 0 fully saturated rings. The van der Waals surface area contributed by atoms with E-state index in [4.69, 9.17) is 17.3 Å². The monoisotopic (exact) mass is 371 g/mol. The molecule has 0 atom stereocenters. The van der Waals surface area contributed by atoms with Gasteiger partial charge in [0.1, 0.15) is 22.9 Å². The van der Waals surface area contributed by atoms with Crippen LogP contribution in [0.15, 0.2) is 47.5 Å². The molecule has 1 amide bonds. The highest BCUT2D eigenvalue weighted by molar-refractivity contribution is 6.30. The summed E-state index contributed by atoms with van der Waals surface area (Å²) in [5, 5.41) is 29.3. The molecule has 3 rings (SSSR count). The number of primary amides is 1. The van der Waals surface area contributed by atoms with Crippen molar-refractivity contribution < 1.29 is 15.0 Å². The Hall–Kier alpha value is -3.52. The second-order valence-electron chi connectivity index (χ2n) is 5.29. The maximum Gasteiger partial charge on any atom is 0.256 e. The van der Waals surface area contributed by atoms with Crippen molar-refractivity contribution in [2.45, 2.75) is 0 Å². The first-order valence-electron chi connectivity index (χ1n) is 7.41. The van der Waals surface area contributed by atoms with Crippen molar-refractivity contribution in [1.29, 1.82) is 0 Å². The van der Waals surface area contributed by atoms with E-state index < -0.39 is 5.91 Å². The van der Waals surface area contributed by atoms with Gasteiger partial charge >= 0.3 is 0 Å². The summed E-state index contributed by atoms with van der Waals surface area (Å²) in [6.07, 6.45) is 1.31. The number of rotatable bonds is 5. The minimum Gasteiger partial charge on any atom is -0.508 e. The molecule has 8 nitrogen and oxygen atoms in total. The number of nitrogens with zero attached hydrogens (tertiary/aromatic N) is 2. The van der Waals surface area contributed by atoms with Gasteiger partial charge < -0.3 is 21.3 Å². The normalized spacial score (nSPS) is 11.0. The van der Waals surface area contributed by atoms with Crippen LogP contribution in [-0.2, 0) is 0 Å². The number of anilines is 2. The van der Waals surface area contributed by atoms with E-state index in [1.165, 1.54) is 24.4 Å². The summed E-state index contributed by atoms with van der Waals surface area (Å²) in [4.78, 5) is 15.9. The Morgan fingerprint density at radius 1 is 1.23 bits per heavy atom. The molecule has 0 unspecified atom stereocenters. The van der Waals surface area contributed by atoms with Gasteiger partial charge in [-0.1, -0.05) is 11.6 Å². The van der Waals surface area contributed by atoms with Crippen LogP contribution in [0.25, 0.3) is 0 Å². The summed E-state index contributed by atoms with van der Waals surface area (Å²) >= 11 is 5.85. The van der Waals surface area contributed by atoms with Crippen LogP contribution in [-0.4, -0.2) is 32.5 Å². The number of carbonyl (C=O) groups is 1. The fraction of sp³-hybridized carbons (Fsp3) is 0. The van der Waals surface area contributed by atoms with Crippen molar-refractivity contribution >= 4 is 41.0 Å². The Morgan fingerprint density at radius 2 is 1.96 bits per heavy atom. The van der Waals surface area contributed by atoms with E-state index in [1.54, 1.807) is 24.3 Å². The molecule has 0 aliphatic heterocycles. The highest BCUT2D eigenvalue weighted by Gasteiger charge is 2.18. The first-order chi connectivity index (χ1) is 12.4. The lowest BCUT2D eigenvalue weighted by atomic mass is 10.2. The number of aromatic nitrogens is 2. The number of hydrogen-bond donors (Lipinski definition) is 5. The summed E-state index contributed by atoms with van der Waals surface area (Å²) in [5.74, 6) is -0.628. The first kappa shape index (κ1) is 17.3. The fourth-order valence-corrected chi connectivity index (χ4v) is 2.33. The van der Waals surface area contributed by atoms with Crippen molar-refractivity contribution in [2.24, 2.45) is 10.7 Å². The van der Waals surface area contributed by atoms with E-state index in [9.17, 15) is 15.0 Å². The molecule has 0 aliphatic carbocycles. The van der Waals surface area contributed by atoms with Crippen molar-refractivity contribution in [1.82, 2.24) is 10.2 Å². The number of amides is 1. The van der Waals surface area contributed by atoms with Crippen molar-refractivity contribution in [3.05, 3.63) is 58.6 Å². The smallest absolute Gasteiger partial charge is 0.256 e. The molecule has 0 aliphatic rings. The number of carbonyl (C=O) groups excluding carboxylic acids is 1. The fourth-order valence-electron chi connectivity index (χ4n) is 2.20. The number of H-pyrrole nitrogens is 1. The van der Waals surface area contributed by atoms with Gasteiger partial charge in [0.25, 0.3) is 5.91 Å². The zero-order valence-electron chi connectivity index (χ0n) is 13.3. The molecule has 0 bridgehead atoms. The Balaban J connectivity index is 1.90. The van der Waals surface area contributed by atoms with Crippen LogP contribution in [0.4, 0.5) is 17.3 Å². The minimum atomic E-state index is -0.725. The van der Waals surface area contributed by atoms with Crippen LogP contribution in [0.5, 0.6) is 11.5 Å². The van der Waals surface area contributed by atoms with Gasteiger partial charge in [-0.3, -0.25) is 9.89 Å². The summed E-state index contributed by atoms with van der Waals surface area (Å²) < 4.78 is 0. The molecule has 3 aromatic rings. The summed E-state index contributed by atoms with van der Waals surface area (Å²) in [6.45, 7) is 0. The van der Waals surface area contributed by atoms with Gasteiger partial charge in [-0.15, -0.1) is 0 Å². The molecule has 1 heterocycles. The van der Waals surface area contributed by atoms with E-state index in [2.05, 4.69) is 20.5 Å². The third kappa shape index (κ3) is 3.76. The molecule has 0 radical (unpaired) electrons. The summed E-state index contributed by atoms with van der Waals surface area (Å²) in [7, 11) is 0. The van der Waals surface area contributed by atoms with Crippen LogP contribution >= 0.6 is 11.6 Å². The highest BCUT2D eigenvalue weighted by atomic mass is 35.5. The Labute approximate surface area is 153 Å². The van der Waals surface area contributed by atoms with Crippen LogP contribution in [0, 0.1) is 0 Å². The lowest BCUT2D eigenvalue weighted by molar-refractivity contribution is 0.100. The maximum atomic E-state index is 11.8.